The van der Waals surface area contributed by atoms with Gasteiger partial charge < -0.3 is 10.6 Å². The summed E-state index contributed by atoms with van der Waals surface area (Å²) in [6.07, 6.45) is 1.46. The van der Waals surface area contributed by atoms with Crippen molar-refractivity contribution < 1.29 is 9.18 Å². The van der Waals surface area contributed by atoms with E-state index in [1.165, 1.54) is 18.3 Å². The zero-order valence-electron chi connectivity index (χ0n) is 15.5. The highest BCUT2D eigenvalue weighted by Gasteiger charge is 2.15. The number of carbonyl (C=O) groups excluding carboxylic acids is 1. The molecule has 0 unspecified atom stereocenters. The second kappa shape index (κ2) is 7.95. The molecule has 0 aliphatic rings. The molecule has 2 aromatic carbocycles. The van der Waals surface area contributed by atoms with Gasteiger partial charge in [-0.2, -0.15) is 0 Å². The van der Waals surface area contributed by atoms with E-state index in [4.69, 9.17) is 0 Å². The number of anilines is 3. The molecule has 1 aromatic heterocycles. The summed E-state index contributed by atoms with van der Waals surface area (Å²) in [7, 11) is 0. The van der Waals surface area contributed by atoms with Gasteiger partial charge in [0, 0.05) is 11.9 Å². The Labute approximate surface area is 157 Å². The summed E-state index contributed by atoms with van der Waals surface area (Å²) in [5.41, 5.74) is 3.27. The van der Waals surface area contributed by atoms with Crippen LogP contribution in [0.1, 0.15) is 41.4 Å². The van der Waals surface area contributed by atoms with Crippen LogP contribution in [-0.4, -0.2) is 15.9 Å². The maximum Gasteiger partial charge on any atom is 0.274 e. The van der Waals surface area contributed by atoms with Crippen LogP contribution in [0.2, 0.25) is 0 Å². The molecule has 3 rings (SSSR count). The Kier molecular flexibility index (Phi) is 5.45. The second-order valence-corrected chi connectivity index (χ2v) is 6.52. The van der Waals surface area contributed by atoms with E-state index >= 15 is 0 Å². The van der Waals surface area contributed by atoms with Crippen LogP contribution in [0, 0.1) is 12.7 Å². The normalized spacial score (nSPS) is 10.7. The van der Waals surface area contributed by atoms with E-state index in [2.05, 4.69) is 34.4 Å². The Bertz CT molecular complexity index is 972. The van der Waals surface area contributed by atoms with Crippen molar-refractivity contribution in [3.63, 3.8) is 0 Å². The van der Waals surface area contributed by atoms with Gasteiger partial charge in [0.25, 0.3) is 5.91 Å². The van der Waals surface area contributed by atoms with Gasteiger partial charge in [-0.05, 0) is 42.2 Å². The number of benzene rings is 2. The molecule has 2 N–H and O–H groups in total. The fourth-order valence-corrected chi connectivity index (χ4v) is 2.75. The van der Waals surface area contributed by atoms with Crippen molar-refractivity contribution in [3.05, 3.63) is 77.4 Å². The lowest BCUT2D eigenvalue weighted by Crippen LogP contribution is -2.17. The van der Waals surface area contributed by atoms with Crippen molar-refractivity contribution in [2.24, 2.45) is 0 Å². The van der Waals surface area contributed by atoms with E-state index < -0.39 is 5.82 Å². The zero-order chi connectivity index (χ0) is 19.4. The monoisotopic (exact) mass is 364 g/mol. The molecule has 5 nitrogen and oxygen atoms in total. The minimum Gasteiger partial charge on any atom is -0.322 e. The summed E-state index contributed by atoms with van der Waals surface area (Å²) in [6.45, 7) is 6.10. The van der Waals surface area contributed by atoms with E-state index in [0.29, 0.717) is 0 Å². The Morgan fingerprint density at radius 2 is 1.85 bits per heavy atom. The first-order chi connectivity index (χ1) is 13.0. The third kappa shape index (κ3) is 4.28. The number of nitrogens with one attached hydrogen (secondary N) is 2. The number of hydrogen-bond donors (Lipinski definition) is 2. The molecule has 0 fully saturated rings. The van der Waals surface area contributed by atoms with Crippen LogP contribution in [0.5, 0.6) is 0 Å². The van der Waals surface area contributed by atoms with Crippen LogP contribution in [-0.2, 0) is 0 Å². The first kappa shape index (κ1) is 18.5. The smallest absolute Gasteiger partial charge is 0.274 e. The van der Waals surface area contributed by atoms with E-state index in [9.17, 15) is 9.18 Å². The maximum atomic E-state index is 13.8. The fraction of sp³-hybridized carbons (Fsp3) is 0.190. The van der Waals surface area contributed by atoms with Gasteiger partial charge in [0.05, 0.1) is 5.69 Å². The van der Waals surface area contributed by atoms with Gasteiger partial charge in [-0.25, -0.2) is 14.4 Å². The van der Waals surface area contributed by atoms with Crippen molar-refractivity contribution in [2.45, 2.75) is 26.7 Å². The molecule has 0 aliphatic heterocycles. The van der Waals surface area contributed by atoms with Gasteiger partial charge in [-0.1, -0.05) is 44.2 Å². The maximum absolute atomic E-state index is 13.8. The summed E-state index contributed by atoms with van der Waals surface area (Å²) in [5.74, 6) is -0.340. The van der Waals surface area contributed by atoms with Crippen LogP contribution < -0.4 is 10.6 Å². The fourth-order valence-electron chi connectivity index (χ4n) is 2.75. The number of para-hydroxylation sites is 2. The lowest BCUT2D eigenvalue weighted by Gasteiger charge is -2.16. The average molecular weight is 364 g/mol. The highest BCUT2D eigenvalue weighted by molar-refractivity contribution is 6.04. The largest absolute Gasteiger partial charge is 0.322 e. The molecule has 27 heavy (non-hydrogen) atoms. The van der Waals surface area contributed by atoms with E-state index in [1.807, 2.05) is 25.1 Å². The lowest BCUT2D eigenvalue weighted by molar-refractivity contribution is 0.102. The predicted molar refractivity (Wildman–Crippen MR) is 105 cm³/mol. The summed E-state index contributed by atoms with van der Waals surface area (Å²) in [4.78, 5) is 21.0. The van der Waals surface area contributed by atoms with Crippen molar-refractivity contribution in [1.29, 1.82) is 0 Å². The van der Waals surface area contributed by atoms with Gasteiger partial charge in [0.15, 0.2) is 0 Å². The summed E-state index contributed by atoms with van der Waals surface area (Å²) >= 11 is 0. The van der Waals surface area contributed by atoms with Crippen LogP contribution in [0.25, 0.3) is 0 Å². The number of halogens is 1. The molecule has 6 heteroatoms. The molecule has 0 aliphatic carbocycles. The molecule has 0 atom stereocenters. The first-order valence-electron chi connectivity index (χ1n) is 8.71. The van der Waals surface area contributed by atoms with Crippen molar-refractivity contribution in [1.82, 2.24) is 9.97 Å². The Morgan fingerprint density at radius 1 is 1.07 bits per heavy atom. The molecule has 0 radical (unpaired) electrons. The van der Waals surface area contributed by atoms with E-state index in [1.54, 1.807) is 18.2 Å². The van der Waals surface area contributed by atoms with Crippen LogP contribution in [0.4, 0.5) is 21.7 Å². The predicted octanol–water partition coefficient (Wildman–Crippen LogP) is 5.04. The Balaban J connectivity index is 1.84. The topological polar surface area (TPSA) is 66.9 Å². The number of carbonyl (C=O) groups is 1. The molecule has 3 aromatic rings. The quantitative estimate of drug-likeness (QED) is 0.665. The van der Waals surface area contributed by atoms with Crippen LogP contribution >= 0.6 is 0 Å². The van der Waals surface area contributed by atoms with Gasteiger partial charge >= 0.3 is 0 Å². The first-order valence-corrected chi connectivity index (χ1v) is 8.71. The molecular formula is C21H21FN4O. The molecule has 1 heterocycles. The van der Waals surface area contributed by atoms with Crippen molar-refractivity contribution in [2.75, 3.05) is 10.6 Å². The highest BCUT2D eigenvalue weighted by atomic mass is 19.1. The average Bonchev–Trinajstić information content (AvgIpc) is 2.65. The zero-order valence-corrected chi connectivity index (χ0v) is 15.5. The van der Waals surface area contributed by atoms with Gasteiger partial charge in [0.2, 0.25) is 5.95 Å². The highest BCUT2D eigenvalue weighted by Crippen LogP contribution is 2.27. The summed E-state index contributed by atoms with van der Waals surface area (Å²) in [6, 6.07) is 13.7. The minimum atomic E-state index is -0.419. The van der Waals surface area contributed by atoms with Crippen LogP contribution in [0.15, 0.2) is 54.7 Å². The molecule has 1 amide bonds. The van der Waals surface area contributed by atoms with Gasteiger partial charge in [-0.15, -0.1) is 0 Å². The standard InChI is InChI=1S/C21H21FN4O/c1-13(2)15-8-6-7-14(3)19(15)26-20(27)18-11-12-23-21(25-18)24-17-10-5-4-9-16(17)22/h4-13H,1-3H3,(H,26,27)(H,23,24,25). The molecular weight excluding hydrogens is 343 g/mol. The second-order valence-electron chi connectivity index (χ2n) is 6.52. The number of aromatic nitrogens is 2. The van der Waals surface area contributed by atoms with Gasteiger partial charge in [0.1, 0.15) is 11.5 Å². The lowest BCUT2D eigenvalue weighted by atomic mass is 9.98. The van der Waals surface area contributed by atoms with E-state index in [-0.39, 0.29) is 29.2 Å². The third-order valence-electron chi connectivity index (χ3n) is 4.17. The van der Waals surface area contributed by atoms with E-state index in [0.717, 1.165) is 16.8 Å². The molecule has 138 valence electrons. The number of amides is 1. The molecule has 0 spiro atoms. The third-order valence-corrected chi connectivity index (χ3v) is 4.17. The number of nitrogens with zero attached hydrogens (tertiary/aromatic N) is 2. The minimum absolute atomic E-state index is 0.154. The van der Waals surface area contributed by atoms with Crippen molar-refractivity contribution >= 4 is 23.2 Å². The number of aryl methyl sites for hydroxylation is 1. The van der Waals surface area contributed by atoms with Crippen LogP contribution in [0.3, 0.4) is 0 Å². The summed E-state index contributed by atoms with van der Waals surface area (Å²) in [5, 5.41) is 5.74. The van der Waals surface area contributed by atoms with Gasteiger partial charge in [-0.3, -0.25) is 4.79 Å². The Morgan fingerprint density at radius 3 is 2.59 bits per heavy atom. The Hall–Kier alpha value is -3.28. The molecule has 0 saturated heterocycles. The summed E-state index contributed by atoms with van der Waals surface area (Å²) < 4.78 is 13.8. The molecule has 0 bridgehead atoms. The SMILES string of the molecule is Cc1cccc(C(C)C)c1NC(=O)c1ccnc(Nc2ccccc2F)n1. The molecule has 0 saturated carbocycles. The number of rotatable bonds is 5. The van der Waals surface area contributed by atoms with Crippen molar-refractivity contribution in [3.8, 4) is 0 Å². The number of hydrogen-bond acceptors (Lipinski definition) is 4.